The first-order valence-corrected chi connectivity index (χ1v) is 8.08. The molecule has 0 radical (unpaired) electrons. The number of hydrogen-bond acceptors (Lipinski definition) is 4. The average Bonchev–Trinajstić information content (AvgIpc) is 2.45. The van der Waals surface area contributed by atoms with Crippen molar-refractivity contribution in [1.29, 1.82) is 0 Å². The Labute approximate surface area is 132 Å². The highest BCUT2D eigenvalue weighted by Crippen LogP contribution is 2.27. The largest absolute Gasteiger partial charge is 0.493 e. The lowest BCUT2D eigenvalue weighted by molar-refractivity contribution is 0.429. The molecular formula is C15H17ClN2O2S. The highest BCUT2D eigenvalue weighted by Gasteiger charge is 2.16. The third-order valence-corrected chi connectivity index (χ3v) is 4.63. The van der Waals surface area contributed by atoms with E-state index in [4.69, 9.17) is 11.6 Å². The number of aromatic hydroxyl groups is 1. The number of aromatic nitrogens is 2. The van der Waals surface area contributed by atoms with Gasteiger partial charge in [-0.3, -0.25) is 4.79 Å². The first-order chi connectivity index (χ1) is 10.0. The fourth-order valence-corrected chi connectivity index (χ4v) is 3.07. The Morgan fingerprint density at radius 1 is 1.43 bits per heavy atom. The van der Waals surface area contributed by atoms with Crippen LogP contribution in [-0.4, -0.2) is 15.1 Å². The molecule has 0 amide bonds. The molecule has 2 N–H and O–H groups in total. The lowest BCUT2D eigenvalue weighted by Crippen LogP contribution is -2.17. The molecule has 4 nitrogen and oxygen atoms in total. The Balaban J connectivity index is 2.19. The van der Waals surface area contributed by atoms with E-state index in [-0.39, 0.29) is 17.4 Å². The summed E-state index contributed by atoms with van der Waals surface area (Å²) in [6.07, 6.45) is 0.768. The van der Waals surface area contributed by atoms with Crippen molar-refractivity contribution in [2.45, 2.75) is 37.1 Å². The Bertz CT molecular complexity index is 688. The van der Waals surface area contributed by atoms with E-state index < -0.39 is 0 Å². The molecular weight excluding hydrogens is 308 g/mol. The van der Waals surface area contributed by atoms with E-state index in [1.807, 2.05) is 38.1 Å². The molecule has 0 aliphatic heterocycles. The second-order valence-corrected chi connectivity index (χ2v) is 6.17. The first-order valence-electron chi connectivity index (χ1n) is 6.72. The second kappa shape index (κ2) is 7.00. The van der Waals surface area contributed by atoms with Gasteiger partial charge in [0.2, 0.25) is 5.88 Å². The molecule has 1 aromatic carbocycles. The maximum atomic E-state index is 12.0. The van der Waals surface area contributed by atoms with Crippen LogP contribution in [0.4, 0.5) is 0 Å². The van der Waals surface area contributed by atoms with Crippen LogP contribution in [0.15, 0.2) is 34.2 Å². The average molecular weight is 325 g/mol. The van der Waals surface area contributed by atoms with Gasteiger partial charge in [-0.1, -0.05) is 55.4 Å². The van der Waals surface area contributed by atoms with Gasteiger partial charge in [0.1, 0.15) is 0 Å². The van der Waals surface area contributed by atoms with Crippen LogP contribution in [0.1, 0.15) is 37.3 Å². The normalized spacial score (nSPS) is 12.3. The SMILES string of the molecule is CCC(C)c1c(O)nc(SCc2ccccc2Cl)[nH]c1=O. The van der Waals surface area contributed by atoms with Crippen LogP contribution in [0.3, 0.4) is 0 Å². The van der Waals surface area contributed by atoms with E-state index in [1.165, 1.54) is 11.8 Å². The summed E-state index contributed by atoms with van der Waals surface area (Å²) in [5.41, 5.74) is 1.02. The minimum absolute atomic E-state index is 0.0242. The minimum Gasteiger partial charge on any atom is -0.493 e. The molecule has 0 bridgehead atoms. The van der Waals surface area contributed by atoms with Crippen molar-refractivity contribution in [2.24, 2.45) is 0 Å². The van der Waals surface area contributed by atoms with Gasteiger partial charge in [0.25, 0.3) is 5.56 Å². The van der Waals surface area contributed by atoms with Gasteiger partial charge in [-0.2, -0.15) is 4.98 Å². The van der Waals surface area contributed by atoms with E-state index >= 15 is 0 Å². The smallest absolute Gasteiger partial charge is 0.258 e. The van der Waals surface area contributed by atoms with Gasteiger partial charge < -0.3 is 10.1 Å². The minimum atomic E-state index is -0.279. The summed E-state index contributed by atoms with van der Waals surface area (Å²) in [6.45, 7) is 3.85. The lowest BCUT2D eigenvalue weighted by atomic mass is 10.0. The number of aromatic amines is 1. The van der Waals surface area contributed by atoms with Crippen molar-refractivity contribution in [3.8, 4) is 5.88 Å². The van der Waals surface area contributed by atoms with Crippen molar-refractivity contribution in [3.63, 3.8) is 0 Å². The second-order valence-electron chi connectivity index (χ2n) is 4.80. The summed E-state index contributed by atoms with van der Waals surface area (Å²) in [4.78, 5) is 18.8. The van der Waals surface area contributed by atoms with Crippen molar-refractivity contribution >= 4 is 23.4 Å². The van der Waals surface area contributed by atoms with E-state index in [2.05, 4.69) is 9.97 Å². The molecule has 112 valence electrons. The molecule has 1 heterocycles. The van der Waals surface area contributed by atoms with Crippen LogP contribution >= 0.6 is 23.4 Å². The van der Waals surface area contributed by atoms with Gasteiger partial charge >= 0.3 is 0 Å². The van der Waals surface area contributed by atoms with Crippen LogP contribution in [0.2, 0.25) is 5.02 Å². The standard InChI is InChI=1S/C15H17ClN2O2S/c1-3-9(2)12-13(19)17-15(18-14(12)20)21-8-10-6-4-5-7-11(10)16/h4-7,9H,3,8H2,1-2H3,(H2,17,18,19,20). The Morgan fingerprint density at radius 2 is 2.14 bits per heavy atom. The number of nitrogens with one attached hydrogen (secondary N) is 1. The number of H-pyrrole nitrogens is 1. The van der Waals surface area contributed by atoms with Crippen molar-refractivity contribution in [2.75, 3.05) is 0 Å². The zero-order valence-electron chi connectivity index (χ0n) is 11.9. The first kappa shape index (κ1) is 15.9. The summed E-state index contributed by atoms with van der Waals surface area (Å²) in [5, 5.41) is 11.0. The number of benzene rings is 1. The fraction of sp³-hybridized carbons (Fsp3) is 0.333. The topological polar surface area (TPSA) is 66.0 Å². The molecule has 0 spiro atoms. The highest BCUT2D eigenvalue weighted by atomic mass is 35.5. The van der Waals surface area contributed by atoms with Crippen molar-refractivity contribution < 1.29 is 5.11 Å². The molecule has 2 rings (SSSR count). The summed E-state index contributed by atoms with van der Waals surface area (Å²) in [6, 6.07) is 7.50. The zero-order chi connectivity index (χ0) is 15.4. The summed E-state index contributed by atoms with van der Waals surface area (Å²) >= 11 is 7.42. The molecule has 2 aromatic rings. The van der Waals surface area contributed by atoms with Gasteiger partial charge in [-0.05, 0) is 24.0 Å². The molecule has 1 aromatic heterocycles. The number of hydrogen-bond donors (Lipinski definition) is 2. The number of rotatable bonds is 5. The Morgan fingerprint density at radius 3 is 2.76 bits per heavy atom. The van der Waals surface area contributed by atoms with Crippen LogP contribution in [0, 0.1) is 0 Å². The van der Waals surface area contributed by atoms with E-state index in [0.717, 1.165) is 12.0 Å². The van der Waals surface area contributed by atoms with Gasteiger partial charge in [-0.15, -0.1) is 0 Å². The molecule has 0 saturated carbocycles. The summed E-state index contributed by atoms with van der Waals surface area (Å²) in [5.74, 6) is 0.365. The van der Waals surface area contributed by atoms with E-state index in [9.17, 15) is 9.90 Å². The third-order valence-electron chi connectivity index (χ3n) is 3.34. The van der Waals surface area contributed by atoms with Gasteiger partial charge in [0.05, 0.1) is 5.56 Å². The van der Waals surface area contributed by atoms with Crippen LogP contribution in [0.5, 0.6) is 5.88 Å². The Hall–Kier alpha value is -1.46. The van der Waals surface area contributed by atoms with Crippen LogP contribution < -0.4 is 5.56 Å². The zero-order valence-corrected chi connectivity index (χ0v) is 13.5. The van der Waals surface area contributed by atoms with E-state index in [1.54, 1.807) is 0 Å². The fourth-order valence-electron chi connectivity index (χ4n) is 1.93. The molecule has 0 aliphatic carbocycles. The van der Waals surface area contributed by atoms with Gasteiger partial charge in [0.15, 0.2) is 5.16 Å². The number of nitrogens with zero attached hydrogens (tertiary/aromatic N) is 1. The number of halogens is 1. The predicted octanol–water partition coefficient (Wildman–Crippen LogP) is 3.93. The van der Waals surface area contributed by atoms with E-state index in [0.29, 0.717) is 21.5 Å². The lowest BCUT2D eigenvalue weighted by Gasteiger charge is -2.10. The van der Waals surface area contributed by atoms with Gasteiger partial charge in [0, 0.05) is 10.8 Å². The molecule has 1 atom stereocenters. The van der Waals surface area contributed by atoms with Gasteiger partial charge in [-0.25, -0.2) is 0 Å². The van der Waals surface area contributed by atoms with Crippen LogP contribution in [0.25, 0.3) is 0 Å². The van der Waals surface area contributed by atoms with Crippen molar-refractivity contribution in [3.05, 3.63) is 50.8 Å². The molecule has 0 saturated heterocycles. The molecule has 1 unspecified atom stereocenters. The quantitative estimate of drug-likeness (QED) is 0.646. The molecule has 6 heteroatoms. The predicted molar refractivity (Wildman–Crippen MR) is 86.2 cm³/mol. The maximum Gasteiger partial charge on any atom is 0.258 e. The summed E-state index contributed by atoms with van der Waals surface area (Å²) in [7, 11) is 0. The molecule has 0 fully saturated rings. The molecule has 0 aliphatic rings. The third kappa shape index (κ3) is 3.80. The van der Waals surface area contributed by atoms with Crippen LogP contribution in [-0.2, 0) is 5.75 Å². The monoisotopic (exact) mass is 324 g/mol. The van der Waals surface area contributed by atoms with Crippen molar-refractivity contribution in [1.82, 2.24) is 9.97 Å². The maximum absolute atomic E-state index is 12.0. The number of thioether (sulfide) groups is 1. The Kier molecular flexibility index (Phi) is 5.31. The summed E-state index contributed by atoms with van der Waals surface area (Å²) < 4.78 is 0. The molecule has 21 heavy (non-hydrogen) atoms. The highest BCUT2D eigenvalue weighted by molar-refractivity contribution is 7.98.